The zero-order valence-electron chi connectivity index (χ0n) is 18.8. The van der Waals surface area contributed by atoms with Gasteiger partial charge in [0.25, 0.3) is 0 Å². The molecule has 5 nitrogen and oxygen atoms in total. The van der Waals surface area contributed by atoms with Crippen LogP contribution in [0, 0.1) is 13.8 Å². The number of amides is 1. The average Bonchev–Trinajstić information content (AvgIpc) is 3.06. The van der Waals surface area contributed by atoms with E-state index < -0.39 is 0 Å². The number of fused-ring (bicyclic) bond motifs is 1. The van der Waals surface area contributed by atoms with E-state index in [-0.39, 0.29) is 11.8 Å². The van der Waals surface area contributed by atoms with Gasteiger partial charge in [-0.1, -0.05) is 42.5 Å². The minimum Gasteiger partial charge on any atom is -0.455 e. The van der Waals surface area contributed by atoms with Crippen LogP contribution in [0.2, 0.25) is 0 Å². The van der Waals surface area contributed by atoms with Gasteiger partial charge in [-0.15, -0.1) is 6.58 Å². The first-order valence-corrected chi connectivity index (χ1v) is 11.3. The van der Waals surface area contributed by atoms with E-state index in [0.29, 0.717) is 29.5 Å². The molecule has 1 unspecified atom stereocenters. The van der Waals surface area contributed by atoms with Crippen LogP contribution in [0.4, 0.5) is 11.4 Å². The van der Waals surface area contributed by atoms with Gasteiger partial charge in [0.1, 0.15) is 5.75 Å². The molecule has 0 saturated heterocycles. The molecule has 3 N–H and O–H groups in total. The molecule has 1 atom stereocenters. The average molecular weight is 458 g/mol. The Morgan fingerprint density at radius 3 is 2.55 bits per heavy atom. The fraction of sp³-hybridized carbons (Fsp3) is 0.185. The molecule has 1 heterocycles. The van der Waals surface area contributed by atoms with E-state index in [9.17, 15) is 4.79 Å². The zero-order valence-corrected chi connectivity index (χ0v) is 19.6. The molecule has 1 aliphatic heterocycles. The Kier molecular flexibility index (Phi) is 6.75. The minimum absolute atomic E-state index is 0.0179. The highest BCUT2D eigenvalue weighted by Gasteiger charge is 2.32. The van der Waals surface area contributed by atoms with Crippen molar-refractivity contribution < 1.29 is 9.53 Å². The topological polar surface area (TPSA) is 62.4 Å². The third-order valence-electron chi connectivity index (χ3n) is 5.46. The van der Waals surface area contributed by atoms with Crippen LogP contribution >= 0.6 is 12.2 Å². The van der Waals surface area contributed by atoms with Crippen LogP contribution in [0.3, 0.4) is 0 Å². The first kappa shape index (κ1) is 22.6. The summed E-state index contributed by atoms with van der Waals surface area (Å²) in [5.74, 6) is 1.04. The minimum atomic E-state index is -0.288. The molecule has 4 rings (SSSR count). The van der Waals surface area contributed by atoms with Crippen molar-refractivity contribution in [2.75, 3.05) is 17.2 Å². The third kappa shape index (κ3) is 5.41. The standard InChI is InChI=1S/C27H27N3O2S/c1-4-10-28-27(33)30-24-16-23-21(15-25(24)32-20-12-17(2)11-18(3)13-20)22(26(31)29-23)14-19-8-6-5-7-9-19/h4-9,11-13,15-16,22H,1,10,14H2,2-3H3,(H,29,31)(H2,28,30,33). The Balaban J connectivity index is 1.71. The van der Waals surface area contributed by atoms with Crippen molar-refractivity contribution in [1.29, 1.82) is 0 Å². The lowest BCUT2D eigenvalue weighted by Gasteiger charge is -2.17. The summed E-state index contributed by atoms with van der Waals surface area (Å²) >= 11 is 5.42. The highest BCUT2D eigenvalue weighted by atomic mass is 32.1. The summed E-state index contributed by atoms with van der Waals surface area (Å²) < 4.78 is 6.33. The molecule has 3 aromatic rings. The fourth-order valence-electron chi connectivity index (χ4n) is 4.04. The number of benzene rings is 3. The van der Waals surface area contributed by atoms with Gasteiger partial charge in [-0.3, -0.25) is 4.79 Å². The summed E-state index contributed by atoms with van der Waals surface area (Å²) in [5, 5.41) is 9.74. The lowest BCUT2D eigenvalue weighted by molar-refractivity contribution is -0.117. The van der Waals surface area contributed by atoms with Gasteiger partial charge in [-0.25, -0.2) is 0 Å². The van der Waals surface area contributed by atoms with Crippen molar-refractivity contribution in [2.45, 2.75) is 26.2 Å². The number of aryl methyl sites for hydroxylation is 2. The van der Waals surface area contributed by atoms with Crippen LogP contribution in [-0.4, -0.2) is 17.6 Å². The van der Waals surface area contributed by atoms with Crippen molar-refractivity contribution in [3.8, 4) is 11.5 Å². The molecule has 0 spiro atoms. The Morgan fingerprint density at radius 2 is 1.85 bits per heavy atom. The maximum absolute atomic E-state index is 12.8. The van der Waals surface area contributed by atoms with E-state index in [2.05, 4.69) is 28.6 Å². The summed E-state index contributed by atoms with van der Waals surface area (Å²) in [5.41, 5.74) is 5.70. The Labute approximate surface area is 199 Å². The smallest absolute Gasteiger partial charge is 0.232 e. The molecule has 1 amide bonds. The lowest BCUT2D eigenvalue weighted by Crippen LogP contribution is -2.28. The van der Waals surface area contributed by atoms with Gasteiger partial charge in [0.05, 0.1) is 11.6 Å². The number of nitrogens with one attached hydrogen (secondary N) is 3. The molecule has 0 radical (unpaired) electrons. The van der Waals surface area contributed by atoms with Crippen molar-refractivity contribution in [2.24, 2.45) is 0 Å². The second-order valence-electron chi connectivity index (χ2n) is 8.22. The maximum Gasteiger partial charge on any atom is 0.232 e. The monoisotopic (exact) mass is 457 g/mol. The normalized spacial score (nSPS) is 14.2. The van der Waals surface area contributed by atoms with Gasteiger partial charge < -0.3 is 20.7 Å². The maximum atomic E-state index is 12.8. The summed E-state index contributed by atoms with van der Waals surface area (Å²) in [6, 6.07) is 19.9. The van der Waals surface area contributed by atoms with Crippen LogP contribution in [0.15, 0.2) is 73.3 Å². The Hall–Kier alpha value is -3.64. The van der Waals surface area contributed by atoms with E-state index in [4.69, 9.17) is 17.0 Å². The summed E-state index contributed by atoms with van der Waals surface area (Å²) in [4.78, 5) is 12.8. The van der Waals surface area contributed by atoms with Crippen LogP contribution in [-0.2, 0) is 11.2 Å². The molecule has 6 heteroatoms. The van der Waals surface area contributed by atoms with Gasteiger partial charge in [-0.2, -0.15) is 0 Å². The van der Waals surface area contributed by atoms with Crippen LogP contribution in [0.25, 0.3) is 0 Å². The number of anilines is 2. The summed E-state index contributed by atoms with van der Waals surface area (Å²) in [7, 11) is 0. The molecule has 33 heavy (non-hydrogen) atoms. The van der Waals surface area contributed by atoms with E-state index in [1.54, 1.807) is 6.08 Å². The number of carbonyl (C=O) groups excluding carboxylic acids is 1. The number of carbonyl (C=O) groups is 1. The predicted octanol–water partition coefficient (Wildman–Crippen LogP) is 5.85. The fourth-order valence-corrected chi connectivity index (χ4v) is 4.23. The van der Waals surface area contributed by atoms with Crippen LogP contribution in [0.5, 0.6) is 11.5 Å². The number of thiocarbonyl (C=S) groups is 1. The molecular formula is C27H27N3O2S. The highest BCUT2D eigenvalue weighted by Crippen LogP contribution is 2.42. The largest absolute Gasteiger partial charge is 0.455 e. The Morgan fingerprint density at radius 1 is 1.12 bits per heavy atom. The van der Waals surface area contributed by atoms with E-state index in [0.717, 1.165) is 33.7 Å². The number of hydrogen-bond acceptors (Lipinski definition) is 3. The first-order valence-electron chi connectivity index (χ1n) is 10.9. The molecule has 0 fully saturated rings. The first-order chi connectivity index (χ1) is 15.9. The molecule has 3 aromatic carbocycles. The number of rotatable bonds is 7. The summed E-state index contributed by atoms with van der Waals surface area (Å²) in [6.45, 7) is 8.32. The van der Waals surface area contributed by atoms with Crippen LogP contribution in [0.1, 0.15) is 28.2 Å². The van der Waals surface area contributed by atoms with Gasteiger partial charge >= 0.3 is 0 Å². The van der Waals surface area contributed by atoms with Gasteiger partial charge in [-0.05, 0) is 79.0 Å². The quantitative estimate of drug-likeness (QED) is 0.307. The highest BCUT2D eigenvalue weighted by molar-refractivity contribution is 7.80. The van der Waals surface area contributed by atoms with Crippen LogP contribution < -0.4 is 20.7 Å². The lowest BCUT2D eigenvalue weighted by atomic mass is 9.93. The molecular weight excluding hydrogens is 430 g/mol. The van der Waals surface area contributed by atoms with Gasteiger partial charge in [0.15, 0.2) is 10.9 Å². The molecule has 1 aliphatic rings. The molecule has 0 bridgehead atoms. The predicted molar refractivity (Wildman–Crippen MR) is 138 cm³/mol. The number of ether oxygens (including phenoxy) is 1. The van der Waals surface area contributed by atoms with Gasteiger partial charge in [0, 0.05) is 12.2 Å². The van der Waals surface area contributed by atoms with E-state index in [1.807, 2.05) is 68.4 Å². The van der Waals surface area contributed by atoms with Crippen molar-refractivity contribution >= 4 is 34.6 Å². The summed E-state index contributed by atoms with van der Waals surface area (Å²) in [6.07, 6.45) is 2.35. The number of hydrogen-bond donors (Lipinski definition) is 3. The van der Waals surface area contributed by atoms with E-state index in [1.165, 1.54) is 0 Å². The van der Waals surface area contributed by atoms with Crippen molar-refractivity contribution in [1.82, 2.24) is 5.32 Å². The third-order valence-corrected chi connectivity index (χ3v) is 5.71. The zero-order chi connectivity index (χ0) is 23.4. The van der Waals surface area contributed by atoms with E-state index >= 15 is 0 Å². The molecule has 0 aliphatic carbocycles. The molecule has 0 aromatic heterocycles. The molecule has 0 saturated carbocycles. The van der Waals surface area contributed by atoms with Crippen molar-refractivity contribution in [3.63, 3.8) is 0 Å². The second-order valence-corrected chi connectivity index (χ2v) is 8.62. The molecule has 168 valence electrons. The van der Waals surface area contributed by atoms with Crippen molar-refractivity contribution in [3.05, 3.63) is 95.6 Å². The SMILES string of the molecule is C=CCNC(=S)Nc1cc2c(cc1Oc1cc(C)cc(C)c1)C(Cc1ccccc1)C(=O)N2. The van der Waals surface area contributed by atoms with Gasteiger partial charge in [0.2, 0.25) is 5.91 Å². The second kappa shape index (κ2) is 9.88. The Bertz CT molecular complexity index is 1190.